The van der Waals surface area contributed by atoms with Crippen molar-refractivity contribution in [3.63, 3.8) is 0 Å². The highest BCUT2D eigenvalue weighted by molar-refractivity contribution is 9.08. The number of methoxy groups -OCH3 is 1. The summed E-state index contributed by atoms with van der Waals surface area (Å²) in [6.45, 7) is 0.270. The zero-order valence-corrected chi connectivity index (χ0v) is 13.2. The van der Waals surface area contributed by atoms with Crippen LogP contribution in [0.1, 0.15) is 11.1 Å². The van der Waals surface area contributed by atoms with Gasteiger partial charge >= 0.3 is 0 Å². The van der Waals surface area contributed by atoms with Crippen LogP contribution in [-0.4, -0.2) is 7.11 Å². The highest BCUT2D eigenvalue weighted by Crippen LogP contribution is 2.28. The molecule has 0 aliphatic rings. The van der Waals surface area contributed by atoms with Crippen LogP contribution in [0, 0.1) is 5.82 Å². The Morgan fingerprint density at radius 1 is 1.15 bits per heavy atom. The maximum absolute atomic E-state index is 13.0. The van der Waals surface area contributed by atoms with Crippen LogP contribution in [0.2, 0.25) is 5.02 Å². The van der Waals surface area contributed by atoms with E-state index in [1.807, 2.05) is 18.2 Å². The van der Waals surface area contributed by atoms with Crippen molar-refractivity contribution in [1.29, 1.82) is 0 Å². The molecule has 0 unspecified atom stereocenters. The Labute approximate surface area is 130 Å². The van der Waals surface area contributed by atoms with E-state index in [1.165, 1.54) is 12.1 Å². The van der Waals surface area contributed by atoms with Crippen LogP contribution < -0.4 is 9.47 Å². The normalized spacial score (nSPS) is 10.4. The van der Waals surface area contributed by atoms with Crippen molar-refractivity contribution in [1.82, 2.24) is 0 Å². The molecule has 0 fully saturated rings. The molecule has 0 saturated heterocycles. The Bertz CT molecular complexity index is 604. The summed E-state index contributed by atoms with van der Waals surface area (Å²) in [6, 6.07) is 9.86. The van der Waals surface area contributed by atoms with Crippen molar-refractivity contribution in [3.05, 3.63) is 58.4 Å². The van der Waals surface area contributed by atoms with E-state index in [-0.39, 0.29) is 12.4 Å². The molecule has 0 radical (unpaired) electrons. The van der Waals surface area contributed by atoms with Gasteiger partial charge in [0.05, 0.1) is 12.1 Å². The van der Waals surface area contributed by atoms with E-state index in [4.69, 9.17) is 21.1 Å². The standard InChI is InChI=1S/C15H13BrClFO2/c1-19-13-5-3-10(8-16)15(7-13)20-9-11-2-4-12(18)6-14(11)17/h2-7H,8-9H2,1H3. The summed E-state index contributed by atoms with van der Waals surface area (Å²) >= 11 is 9.38. The maximum Gasteiger partial charge on any atom is 0.127 e. The predicted octanol–water partition coefficient (Wildman–Crippen LogP) is 4.96. The first-order chi connectivity index (χ1) is 9.63. The number of hydrogen-bond acceptors (Lipinski definition) is 2. The molecule has 2 aromatic rings. The first-order valence-electron chi connectivity index (χ1n) is 5.93. The van der Waals surface area contributed by atoms with Crippen LogP contribution in [0.3, 0.4) is 0 Å². The fraction of sp³-hybridized carbons (Fsp3) is 0.200. The maximum atomic E-state index is 13.0. The lowest BCUT2D eigenvalue weighted by atomic mass is 10.2. The Kier molecular flexibility index (Phi) is 5.26. The number of halogens is 3. The molecule has 2 rings (SSSR count). The number of benzene rings is 2. The molecule has 0 aliphatic heterocycles. The van der Waals surface area contributed by atoms with Crippen LogP contribution >= 0.6 is 27.5 Å². The minimum atomic E-state index is -0.360. The van der Waals surface area contributed by atoms with Crippen molar-refractivity contribution < 1.29 is 13.9 Å². The van der Waals surface area contributed by atoms with Crippen LogP contribution in [-0.2, 0) is 11.9 Å². The summed E-state index contributed by atoms with van der Waals surface area (Å²) in [4.78, 5) is 0. The molecule has 0 spiro atoms. The predicted molar refractivity (Wildman–Crippen MR) is 81.4 cm³/mol. The van der Waals surface area contributed by atoms with Gasteiger partial charge in [-0.05, 0) is 18.2 Å². The van der Waals surface area contributed by atoms with E-state index in [0.29, 0.717) is 16.1 Å². The molecule has 0 N–H and O–H groups in total. The average molecular weight is 360 g/mol. The van der Waals surface area contributed by atoms with Gasteiger partial charge in [-0.2, -0.15) is 0 Å². The molecule has 0 bridgehead atoms. The van der Waals surface area contributed by atoms with Gasteiger partial charge in [0.15, 0.2) is 0 Å². The second-order valence-corrected chi connectivity index (χ2v) is 5.10. The Hall–Kier alpha value is -1.26. The third kappa shape index (κ3) is 3.64. The van der Waals surface area contributed by atoms with Gasteiger partial charge in [-0.1, -0.05) is 39.7 Å². The summed E-state index contributed by atoms with van der Waals surface area (Å²) < 4.78 is 23.9. The second kappa shape index (κ2) is 6.95. The van der Waals surface area contributed by atoms with E-state index in [0.717, 1.165) is 16.9 Å². The van der Waals surface area contributed by atoms with Gasteiger partial charge in [-0.3, -0.25) is 0 Å². The van der Waals surface area contributed by atoms with Crippen molar-refractivity contribution in [2.24, 2.45) is 0 Å². The summed E-state index contributed by atoms with van der Waals surface area (Å²) in [5.74, 6) is 1.07. The number of ether oxygens (including phenoxy) is 2. The van der Waals surface area contributed by atoms with Crippen LogP contribution in [0.15, 0.2) is 36.4 Å². The molecule has 20 heavy (non-hydrogen) atoms. The van der Waals surface area contributed by atoms with Crippen molar-refractivity contribution >= 4 is 27.5 Å². The molecule has 106 valence electrons. The van der Waals surface area contributed by atoms with Crippen LogP contribution in [0.4, 0.5) is 4.39 Å². The van der Waals surface area contributed by atoms with Gasteiger partial charge in [0.2, 0.25) is 0 Å². The average Bonchev–Trinajstić information content (AvgIpc) is 2.46. The largest absolute Gasteiger partial charge is 0.497 e. The van der Waals surface area contributed by atoms with Gasteiger partial charge in [-0.15, -0.1) is 0 Å². The second-order valence-electron chi connectivity index (χ2n) is 4.13. The first-order valence-corrected chi connectivity index (χ1v) is 7.43. The zero-order chi connectivity index (χ0) is 14.5. The topological polar surface area (TPSA) is 18.5 Å². The molecule has 0 aromatic heterocycles. The fourth-order valence-electron chi connectivity index (χ4n) is 1.70. The SMILES string of the molecule is COc1ccc(CBr)c(OCc2ccc(F)cc2Cl)c1. The van der Waals surface area contributed by atoms with Gasteiger partial charge in [-0.25, -0.2) is 4.39 Å². The minimum absolute atomic E-state index is 0.270. The molecular weight excluding hydrogens is 347 g/mol. The van der Waals surface area contributed by atoms with E-state index < -0.39 is 0 Å². The number of hydrogen-bond donors (Lipinski definition) is 0. The van der Waals surface area contributed by atoms with Crippen LogP contribution in [0.25, 0.3) is 0 Å². The van der Waals surface area contributed by atoms with Gasteiger partial charge in [0.25, 0.3) is 0 Å². The summed E-state index contributed by atoms with van der Waals surface area (Å²) in [5.41, 5.74) is 1.74. The van der Waals surface area contributed by atoms with Gasteiger partial charge in [0, 0.05) is 22.5 Å². The third-order valence-electron chi connectivity index (χ3n) is 2.82. The van der Waals surface area contributed by atoms with Crippen molar-refractivity contribution in [2.75, 3.05) is 7.11 Å². The summed E-state index contributed by atoms with van der Waals surface area (Å²) in [6.07, 6.45) is 0. The Balaban J connectivity index is 2.17. The molecular formula is C15H13BrClFO2. The Morgan fingerprint density at radius 2 is 1.90 bits per heavy atom. The van der Waals surface area contributed by atoms with E-state index >= 15 is 0 Å². The van der Waals surface area contributed by atoms with Gasteiger partial charge < -0.3 is 9.47 Å². The third-order valence-corrected chi connectivity index (χ3v) is 3.77. The quantitative estimate of drug-likeness (QED) is 0.702. The monoisotopic (exact) mass is 358 g/mol. The number of rotatable bonds is 5. The molecule has 2 nitrogen and oxygen atoms in total. The smallest absolute Gasteiger partial charge is 0.127 e. The molecule has 2 aromatic carbocycles. The molecule has 0 heterocycles. The lowest BCUT2D eigenvalue weighted by Crippen LogP contribution is -1.99. The molecule has 5 heteroatoms. The fourth-order valence-corrected chi connectivity index (χ4v) is 2.39. The van der Waals surface area contributed by atoms with Crippen LogP contribution in [0.5, 0.6) is 11.5 Å². The van der Waals surface area contributed by atoms with Crippen molar-refractivity contribution in [3.8, 4) is 11.5 Å². The van der Waals surface area contributed by atoms with Crippen molar-refractivity contribution in [2.45, 2.75) is 11.9 Å². The van der Waals surface area contributed by atoms with E-state index in [9.17, 15) is 4.39 Å². The first kappa shape index (κ1) is 15.1. The summed E-state index contributed by atoms with van der Waals surface area (Å²) in [7, 11) is 1.60. The van der Waals surface area contributed by atoms with E-state index in [2.05, 4.69) is 15.9 Å². The van der Waals surface area contributed by atoms with Gasteiger partial charge in [0.1, 0.15) is 23.9 Å². The highest BCUT2D eigenvalue weighted by atomic mass is 79.9. The summed E-state index contributed by atoms with van der Waals surface area (Å²) in [5, 5.41) is 1.03. The molecule has 0 saturated carbocycles. The zero-order valence-electron chi connectivity index (χ0n) is 10.8. The molecule has 0 atom stereocenters. The van der Waals surface area contributed by atoms with E-state index in [1.54, 1.807) is 13.2 Å². The number of alkyl halides is 1. The lowest BCUT2D eigenvalue weighted by molar-refractivity contribution is 0.301. The lowest BCUT2D eigenvalue weighted by Gasteiger charge is -2.12. The minimum Gasteiger partial charge on any atom is -0.497 e. The molecule has 0 amide bonds. The highest BCUT2D eigenvalue weighted by Gasteiger charge is 2.07. The Morgan fingerprint density at radius 3 is 2.55 bits per heavy atom. The molecule has 0 aliphatic carbocycles.